The summed E-state index contributed by atoms with van der Waals surface area (Å²) in [5.74, 6) is -0.0979. The number of likely N-dealkylation sites (tertiary alicyclic amines) is 1. The van der Waals surface area contributed by atoms with E-state index >= 15 is 0 Å². The van der Waals surface area contributed by atoms with Gasteiger partial charge in [0.1, 0.15) is 0 Å². The minimum Gasteiger partial charge on any atom is -0.378 e. The highest BCUT2D eigenvalue weighted by molar-refractivity contribution is 5.85. The van der Waals surface area contributed by atoms with Crippen LogP contribution in [0, 0.1) is 0 Å². The van der Waals surface area contributed by atoms with Crippen LogP contribution in [-0.2, 0) is 16.1 Å². The maximum Gasteiger partial charge on any atom is 0.236 e. The van der Waals surface area contributed by atoms with Crippen LogP contribution in [0.3, 0.4) is 0 Å². The van der Waals surface area contributed by atoms with Gasteiger partial charge in [-0.25, -0.2) is 0 Å². The van der Waals surface area contributed by atoms with Crippen molar-refractivity contribution in [1.29, 1.82) is 0 Å². The molecule has 1 aromatic carbocycles. The molecule has 5 nitrogen and oxygen atoms in total. The van der Waals surface area contributed by atoms with E-state index in [0.717, 1.165) is 38.9 Å². The largest absolute Gasteiger partial charge is 0.378 e. The van der Waals surface area contributed by atoms with Crippen LogP contribution in [0.5, 0.6) is 0 Å². The Labute approximate surface area is 151 Å². The average molecular weight is 356 g/mol. The number of carbonyl (C=O) groups excluding carboxylic acids is 1. The Kier molecular flexibility index (Phi) is 9.95. The smallest absolute Gasteiger partial charge is 0.236 e. The second kappa shape index (κ2) is 11.4. The van der Waals surface area contributed by atoms with Gasteiger partial charge in [0.05, 0.1) is 12.1 Å². The van der Waals surface area contributed by atoms with E-state index in [-0.39, 0.29) is 18.3 Å². The van der Waals surface area contributed by atoms with Gasteiger partial charge in [0, 0.05) is 32.8 Å². The zero-order chi connectivity index (χ0) is 16.5. The van der Waals surface area contributed by atoms with Gasteiger partial charge >= 0.3 is 0 Å². The molecule has 1 aliphatic heterocycles. The predicted molar refractivity (Wildman–Crippen MR) is 99.2 cm³/mol. The molecule has 1 aliphatic rings. The fraction of sp³-hybridized carbons (Fsp3) is 0.611. The van der Waals surface area contributed by atoms with Crippen molar-refractivity contribution < 1.29 is 9.53 Å². The van der Waals surface area contributed by atoms with Crippen molar-refractivity contribution >= 4 is 18.3 Å². The first-order valence-corrected chi connectivity index (χ1v) is 8.56. The number of nitrogens with one attached hydrogen (secondary N) is 1. The zero-order valence-corrected chi connectivity index (χ0v) is 15.3. The van der Waals surface area contributed by atoms with Gasteiger partial charge in [-0.3, -0.25) is 9.69 Å². The van der Waals surface area contributed by atoms with E-state index in [1.807, 2.05) is 0 Å². The number of rotatable bonds is 8. The monoisotopic (exact) mass is 355 g/mol. The summed E-state index contributed by atoms with van der Waals surface area (Å²) in [5, 5.41) is 2.80. The molecule has 6 heteroatoms. The second-order valence-corrected chi connectivity index (χ2v) is 6.27. The van der Waals surface area contributed by atoms with Crippen molar-refractivity contribution in [2.45, 2.75) is 44.9 Å². The van der Waals surface area contributed by atoms with Crippen molar-refractivity contribution in [2.24, 2.45) is 5.73 Å². The van der Waals surface area contributed by atoms with Crippen LogP contribution in [-0.4, -0.2) is 49.2 Å². The summed E-state index contributed by atoms with van der Waals surface area (Å²) >= 11 is 0. The van der Waals surface area contributed by atoms with Gasteiger partial charge in [-0.15, -0.1) is 12.4 Å². The lowest BCUT2D eigenvalue weighted by Gasteiger charge is -2.32. The molecule has 24 heavy (non-hydrogen) atoms. The topological polar surface area (TPSA) is 67.6 Å². The van der Waals surface area contributed by atoms with Gasteiger partial charge in [0.25, 0.3) is 0 Å². The number of amides is 1. The van der Waals surface area contributed by atoms with E-state index in [1.54, 1.807) is 6.92 Å². The van der Waals surface area contributed by atoms with Crippen molar-refractivity contribution in [1.82, 2.24) is 10.2 Å². The first kappa shape index (κ1) is 20.9. The molecule has 1 amide bonds. The summed E-state index contributed by atoms with van der Waals surface area (Å²) < 4.78 is 5.91. The zero-order valence-electron chi connectivity index (χ0n) is 14.4. The summed E-state index contributed by atoms with van der Waals surface area (Å²) in [7, 11) is 0. The fourth-order valence-electron chi connectivity index (χ4n) is 2.77. The van der Waals surface area contributed by atoms with E-state index < -0.39 is 6.04 Å². The van der Waals surface area contributed by atoms with Crippen molar-refractivity contribution in [3.63, 3.8) is 0 Å². The highest BCUT2D eigenvalue weighted by Gasteiger charge is 2.19. The summed E-state index contributed by atoms with van der Waals surface area (Å²) in [6.07, 6.45) is 3.35. The van der Waals surface area contributed by atoms with Crippen molar-refractivity contribution in [2.75, 3.05) is 26.2 Å². The molecule has 136 valence electrons. The molecule has 1 heterocycles. The molecular formula is C18H30ClN3O2. The van der Waals surface area contributed by atoms with Crippen LogP contribution in [0.15, 0.2) is 30.3 Å². The SMILES string of the molecule is CC(N)C(=O)NCCCOC1CCN(Cc2ccccc2)CC1.Cl. The van der Waals surface area contributed by atoms with Gasteiger partial charge in [-0.2, -0.15) is 0 Å². The number of hydrogen-bond acceptors (Lipinski definition) is 4. The Hall–Kier alpha value is -1.14. The molecular weight excluding hydrogens is 326 g/mol. The fourth-order valence-corrected chi connectivity index (χ4v) is 2.77. The lowest BCUT2D eigenvalue weighted by atomic mass is 10.1. The number of halogens is 1. The molecule has 3 N–H and O–H groups in total. The molecule has 2 rings (SSSR count). The number of benzene rings is 1. The highest BCUT2D eigenvalue weighted by atomic mass is 35.5. The molecule has 0 radical (unpaired) electrons. The lowest BCUT2D eigenvalue weighted by Crippen LogP contribution is -2.39. The lowest BCUT2D eigenvalue weighted by molar-refractivity contribution is -0.122. The Balaban J connectivity index is 0.00000288. The van der Waals surface area contributed by atoms with Crippen LogP contribution in [0.2, 0.25) is 0 Å². The number of piperidine rings is 1. The summed E-state index contributed by atoms with van der Waals surface area (Å²) in [5.41, 5.74) is 6.86. The number of nitrogens with zero attached hydrogens (tertiary/aromatic N) is 1. The Bertz CT molecular complexity index is 463. The minimum atomic E-state index is -0.440. The first-order chi connectivity index (χ1) is 11.1. The maximum absolute atomic E-state index is 11.3. The summed E-state index contributed by atoms with van der Waals surface area (Å²) in [6, 6.07) is 10.2. The van der Waals surface area contributed by atoms with Gasteiger partial charge in [-0.1, -0.05) is 30.3 Å². The highest BCUT2D eigenvalue weighted by Crippen LogP contribution is 2.16. The molecule has 0 saturated carbocycles. The standard InChI is InChI=1S/C18H29N3O2.ClH/c1-15(19)18(22)20-10-5-13-23-17-8-11-21(12-9-17)14-16-6-3-2-4-7-16;/h2-4,6-7,15,17H,5,8-14,19H2,1H3,(H,20,22);1H. The van der Waals surface area contributed by atoms with E-state index in [1.165, 1.54) is 5.56 Å². The number of carbonyl (C=O) groups is 1. The molecule has 0 bridgehead atoms. The van der Waals surface area contributed by atoms with E-state index in [9.17, 15) is 4.79 Å². The van der Waals surface area contributed by atoms with Crippen LogP contribution in [0.1, 0.15) is 31.7 Å². The number of ether oxygens (including phenoxy) is 1. The second-order valence-electron chi connectivity index (χ2n) is 6.27. The van der Waals surface area contributed by atoms with Crippen LogP contribution in [0.4, 0.5) is 0 Å². The van der Waals surface area contributed by atoms with Gasteiger partial charge < -0.3 is 15.8 Å². The molecule has 0 aliphatic carbocycles. The van der Waals surface area contributed by atoms with Gasteiger partial charge in [0.2, 0.25) is 5.91 Å². The molecule has 1 fully saturated rings. The van der Waals surface area contributed by atoms with Crippen molar-refractivity contribution in [3.8, 4) is 0 Å². The average Bonchev–Trinajstić information content (AvgIpc) is 2.56. The predicted octanol–water partition coefficient (Wildman–Crippen LogP) is 1.94. The molecule has 1 unspecified atom stereocenters. The van der Waals surface area contributed by atoms with Crippen LogP contribution >= 0.6 is 12.4 Å². The molecule has 0 aromatic heterocycles. The third kappa shape index (κ3) is 7.62. The maximum atomic E-state index is 11.3. The van der Waals surface area contributed by atoms with Crippen LogP contribution < -0.4 is 11.1 Å². The third-order valence-electron chi connectivity index (χ3n) is 4.17. The summed E-state index contributed by atoms with van der Waals surface area (Å²) in [4.78, 5) is 13.8. The summed E-state index contributed by atoms with van der Waals surface area (Å²) in [6.45, 7) is 6.21. The van der Waals surface area contributed by atoms with Gasteiger partial charge in [0.15, 0.2) is 0 Å². The quantitative estimate of drug-likeness (QED) is 0.699. The van der Waals surface area contributed by atoms with Crippen LogP contribution in [0.25, 0.3) is 0 Å². The first-order valence-electron chi connectivity index (χ1n) is 8.56. The minimum absolute atomic E-state index is 0. The molecule has 1 atom stereocenters. The molecule has 1 aromatic rings. The third-order valence-corrected chi connectivity index (χ3v) is 4.17. The molecule has 0 spiro atoms. The number of hydrogen-bond donors (Lipinski definition) is 2. The Morgan fingerprint density at radius 2 is 2.00 bits per heavy atom. The van der Waals surface area contributed by atoms with Crippen molar-refractivity contribution in [3.05, 3.63) is 35.9 Å². The van der Waals surface area contributed by atoms with E-state index in [2.05, 4.69) is 40.5 Å². The van der Waals surface area contributed by atoms with E-state index in [0.29, 0.717) is 19.3 Å². The Morgan fingerprint density at radius 3 is 2.62 bits per heavy atom. The Morgan fingerprint density at radius 1 is 1.33 bits per heavy atom. The molecule has 1 saturated heterocycles. The van der Waals surface area contributed by atoms with E-state index in [4.69, 9.17) is 10.5 Å². The van der Waals surface area contributed by atoms with Gasteiger partial charge in [-0.05, 0) is 31.7 Å². The normalized spacial score (nSPS) is 17.1. The number of nitrogens with two attached hydrogens (primary N) is 1.